The lowest BCUT2D eigenvalue weighted by molar-refractivity contribution is -0.127. The second-order valence-electron chi connectivity index (χ2n) is 12.1. The van der Waals surface area contributed by atoms with E-state index in [0.29, 0.717) is 26.2 Å². The summed E-state index contributed by atoms with van der Waals surface area (Å²) in [6, 6.07) is 10.0. The molecule has 2 heterocycles. The highest BCUT2D eigenvalue weighted by Crippen LogP contribution is 2.27. The zero-order chi connectivity index (χ0) is 27.6. The molecule has 1 atom stereocenters. The van der Waals surface area contributed by atoms with Crippen LogP contribution in [-0.2, 0) is 17.8 Å². The summed E-state index contributed by atoms with van der Waals surface area (Å²) in [5, 5.41) is 6.39. The Kier molecular flexibility index (Phi) is 10.5. The van der Waals surface area contributed by atoms with E-state index in [1.54, 1.807) is 4.90 Å². The maximum absolute atomic E-state index is 13.5. The SMILES string of the molecule is O=C(NCCn1cnc(Cc2ccccc2)c1)[C@H]1CN(CCC2CCCCC2)CCN1C(=O)NC1CCCCC1. The predicted octanol–water partition coefficient (Wildman–Crippen LogP) is 4.59. The summed E-state index contributed by atoms with van der Waals surface area (Å²) in [4.78, 5) is 35.6. The molecule has 3 fully saturated rings. The second-order valence-corrected chi connectivity index (χ2v) is 12.1. The normalized spacial score (nSPS) is 21.3. The molecule has 2 N–H and O–H groups in total. The van der Waals surface area contributed by atoms with E-state index in [0.717, 1.165) is 44.0 Å². The van der Waals surface area contributed by atoms with Crippen LogP contribution in [0.1, 0.15) is 81.9 Å². The van der Waals surface area contributed by atoms with Gasteiger partial charge in [0.05, 0.1) is 12.0 Å². The molecule has 0 bridgehead atoms. The molecule has 1 aromatic heterocycles. The molecule has 3 aliphatic rings. The molecule has 2 aromatic rings. The van der Waals surface area contributed by atoms with Crippen molar-refractivity contribution in [2.75, 3.05) is 32.7 Å². The smallest absolute Gasteiger partial charge is 0.318 e. The van der Waals surface area contributed by atoms with E-state index in [9.17, 15) is 9.59 Å². The van der Waals surface area contributed by atoms with Gasteiger partial charge in [0.15, 0.2) is 0 Å². The molecule has 2 aliphatic carbocycles. The number of amides is 3. The van der Waals surface area contributed by atoms with Gasteiger partial charge in [-0.3, -0.25) is 9.69 Å². The van der Waals surface area contributed by atoms with Gasteiger partial charge < -0.3 is 20.1 Å². The van der Waals surface area contributed by atoms with Crippen molar-refractivity contribution < 1.29 is 9.59 Å². The highest BCUT2D eigenvalue weighted by atomic mass is 16.2. The number of urea groups is 1. The monoisotopic (exact) mass is 548 g/mol. The largest absolute Gasteiger partial charge is 0.352 e. The van der Waals surface area contributed by atoms with Crippen molar-refractivity contribution >= 4 is 11.9 Å². The third kappa shape index (κ3) is 8.32. The maximum Gasteiger partial charge on any atom is 0.318 e. The van der Waals surface area contributed by atoms with Crippen LogP contribution in [0.25, 0.3) is 0 Å². The quantitative estimate of drug-likeness (QED) is 0.455. The molecule has 8 nitrogen and oxygen atoms in total. The molecule has 0 spiro atoms. The summed E-state index contributed by atoms with van der Waals surface area (Å²) in [7, 11) is 0. The summed E-state index contributed by atoms with van der Waals surface area (Å²) in [6.45, 7) is 4.24. The summed E-state index contributed by atoms with van der Waals surface area (Å²) >= 11 is 0. The number of carbonyl (C=O) groups is 2. The molecule has 2 saturated carbocycles. The van der Waals surface area contributed by atoms with Gasteiger partial charge in [-0.15, -0.1) is 0 Å². The van der Waals surface area contributed by atoms with E-state index in [-0.39, 0.29) is 18.0 Å². The lowest BCUT2D eigenvalue weighted by Crippen LogP contribution is -2.63. The maximum atomic E-state index is 13.5. The van der Waals surface area contributed by atoms with E-state index in [4.69, 9.17) is 0 Å². The molecule has 1 saturated heterocycles. The Morgan fingerprint density at radius 2 is 1.65 bits per heavy atom. The number of hydrogen-bond donors (Lipinski definition) is 2. The lowest BCUT2D eigenvalue weighted by atomic mass is 9.87. The Bertz CT molecular complexity index is 1060. The van der Waals surface area contributed by atoms with Crippen LogP contribution in [0.2, 0.25) is 0 Å². The van der Waals surface area contributed by atoms with Crippen LogP contribution < -0.4 is 10.6 Å². The number of rotatable bonds is 10. The number of hydrogen-bond acceptors (Lipinski definition) is 4. The van der Waals surface area contributed by atoms with Crippen molar-refractivity contribution in [3.05, 3.63) is 54.1 Å². The topological polar surface area (TPSA) is 82.5 Å². The number of nitrogens with zero attached hydrogens (tertiary/aromatic N) is 4. The van der Waals surface area contributed by atoms with E-state index in [1.165, 1.54) is 63.4 Å². The molecule has 1 aromatic carbocycles. The third-order valence-electron chi connectivity index (χ3n) is 9.12. The van der Waals surface area contributed by atoms with Gasteiger partial charge in [-0.25, -0.2) is 9.78 Å². The summed E-state index contributed by atoms with van der Waals surface area (Å²) in [5.74, 6) is 0.765. The second kappa shape index (κ2) is 14.7. The molecule has 218 valence electrons. The standard InChI is InChI=1S/C32H48N6O2/c39-31(33-17-19-37-23-29(34-25-37)22-27-12-6-2-7-13-27)30-24-36(18-16-26-10-4-1-5-11-26)20-21-38(30)32(40)35-28-14-8-3-9-15-28/h2,6-7,12-13,23,25-26,28,30H,1,3-5,8-11,14-22,24H2,(H,33,39)(H,35,40)/t30-/m1/s1. The number of piperazine rings is 1. The van der Waals surface area contributed by atoms with Crippen molar-refractivity contribution in [3.63, 3.8) is 0 Å². The Morgan fingerprint density at radius 3 is 2.42 bits per heavy atom. The van der Waals surface area contributed by atoms with E-state index in [1.807, 2.05) is 29.1 Å². The first-order chi connectivity index (χ1) is 19.6. The number of carbonyl (C=O) groups excluding carboxylic acids is 2. The number of benzene rings is 1. The van der Waals surface area contributed by atoms with Gasteiger partial charge in [-0.05, 0) is 37.3 Å². The van der Waals surface area contributed by atoms with Gasteiger partial charge in [-0.2, -0.15) is 0 Å². The molecular formula is C32H48N6O2. The molecule has 1 aliphatic heterocycles. The number of imidazole rings is 1. The van der Waals surface area contributed by atoms with Crippen LogP contribution in [0, 0.1) is 5.92 Å². The van der Waals surface area contributed by atoms with Crippen LogP contribution in [0.15, 0.2) is 42.9 Å². The molecule has 0 unspecified atom stereocenters. The fourth-order valence-electron chi connectivity index (χ4n) is 6.71. The van der Waals surface area contributed by atoms with Gasteiger partial charge in [0, 0.05) is 51.4 Å². The van der Waals surface area contributed by atoms with E-state index >= 15 is 0 Å². The molecule has 3 amide bonds. The Labute approximate surface area is 239 Å². The van der Waals surface area contributed by atoms with Crippen molar-refractivity contribution in [3.8, 4) is 0 Å². The van der Waals surface area contributed by atoms with Crippen molar-refractivity contribution in [1.29, 1.82) is 0 Å². The fourth-order valence-corrected chi connectivity index (χ4v) is 6.71. The highest BCUT2D eigenvalue weighted by molar-refractivity contribution is 5.87. The summed E-state index contributed by atoms with van der Waals surface area (Å²) < 4.78 is 2.03. The average molecular weight is 549 g/mol. The molecule has 40 heavy (non-hydrogen) atoms. The zero-order valence-corrected chi connectivity index (χ0v) is 24.1. The summed E-state index contributed by atoms with van der Waals surface area (Å²) in [6.07, 6.45) is 18.3. The van der Waals surface area contributed by atoms with Crippen LogP contribution in [-0.4, -0.2) is 76.1 Å². The molecule has 8 heteroatoms. The number of aromatic nitrogens is 2. The van der Waals surface area contributed by atoms with Crippen LogP contribution >= 0.6 is 0 Å². The lowest BCUT2D eigenvalue weighted by Gasteiger charge is -2.41. The third-order valence-corrected chi connectivity index (χ3v) is 9.12. The van der Waals surface area contributed by atoms with Crippen LogP contribution in [0.3, 0.4) is 0 Å². The Morgan fingerprint density at radius 1 is 0.900 bits per heavy atom. The van der Waals surface area contributed by atoms with Crippen molar-refractivity contribution in [2.24, 2.45) is 5.92 Å². The van der Waals surface area contributed by atoms with Gasteiger partial charge in [0.25, 0.3) is 0 Å². The fraction of sp³-hybridized carbons (Fsp3) is 0.656. The van der Waals surface area contributed by atoms with Gasteiger partial charge in [-0.1, -0.05) is 81.7 Å². The van der Waals surface area contributed by atoms with Gasteiger partial charge in [0.1, 0.15) is 6.04 Å². The van der Waals surface area contributed by atoms with E-state index < -0.39 is 6.04 Å². The van der Waals surface area contributed by atoms with Gasteiger partial charge >= 0.3 is 6.03 Å². The van der Waals surface area contributed by atoms with Gasteiger partial charge in [0.2, 0.25) is 5.91 Å². The minimum Gasteiger partial charge on any atom is -0.352 e. The predicted molar refractivity (Wildman–Crippen MR) is 158 cm³/mol. The van der Waals surface area contributed by atoms with Crippen LogP contribution in [0.5, 0.6) is 0 Å². The average Bonchev–Trinajstić information content (AvgIpc) is 3.44. The minimum atomic E-state index is -0.458. The molecule has 5 rings (SSSR count). The van der Waals surface area contributed by atoms with E-state index in [2.05, 4.69) is 38.8 Å². The molecular weight excluding hydrogens is 500 g/mol. The minimum absolute atomic E-state index is 0.0502. The van der Waals surface area contributed by atoms with Crippen LogP contribution in [0.4, 0.5) is 4.79 Å². The first kappa shape index (κ1) is 28.7. The first-order valence-electron chi connectivity index (χ1n) is 15.8. The summed E-state index contributed by atoms with van der Waals surface area (Å²) in [5.41, 5.74) is 2.25. The molecule has 0 radical (unpaired) electrons. The zero-order valence-electron chi connectivity index (χ0n) is 24.1. The highest BCUT2D eigenvalue weighted by Gasteiger charge is 2.36. The van der Waals surface area contributed by atoms with Crippen molar-refractivity contribution in [2.45, 2.75) is 95.7 Å². The Balaban J connectivity index is 1.14. The van der Waals surface area contributed by atoms with Crippen molar-refractivity contribution in [1.82, 2.24) is 30.0 Å². The number of nitrogens with one attached hydrogen (secondary N) is 2. The first-order valence-corrected chi connectivity index (χ1v) is 15.8. The Hall–Kier alpha value is -2.87.